The van der Waals surface area contributed by atoms with Gasteiger partial charge in [-0.1, -0.05) is 15.9 Å². The Morgan fingerprint density at radius 3 is 3.08 bits per heavy atom. The summed E-state index contributed by atoms with van der Waals surface area (Å²) >= 11 is 3.38. The van der Waals surface area contributed by atoms with Crippen LogP contribution in [0.4, 0.5) is 0 Å². The molecule has 70 valence electrons. The molecule has 0 saturated heterocycles. The van der Waals surface area contributed by atoms with Crippen LogP contribution >= 0.6 is 15.9 Å². The monoisotopic (exact) mass is 259 g/mol. The lowest BCUT2D eigenvalue weighted by atomic mass is 10.1. The molecule has 2 unspecified atom stereocenters. The second-order valence-electron chi connectivity index (χ2n) is 3.13. The summed E-state index contributed by atoms with van der Waals surface area (Å²) in [6.45, 7) is 0. The summed E-state index contributed by atoms with van der Waals surface area (Å²) in [5.41, 5.74) is 6.95. The number of fused-ring (bicyclic) bond motifs is 1. The van der Waals surface area contributed by atoms with Gasteiger partial charge in [0.05, 0.1) is 10.8 Å². The third kappa shape index (κ3) is 1.71. The Balaban J connectivity index is 2.57. The van der Waals surface area contributed by atoms with Gasteiger partial charge >= 0.3 is 0 Å². The average Bonchev–Trinajstić information content (AvgIpc) is 2.12. The molecule has 0 amide bonds. The lowest BCUT2D eigenvalue weighted by molar-refractivity contribution is 0.637. The largest absolute Gasteiger partial charge is 0.324 e. The van der Waals surface area contributed by atoms with Crippen molar-refractivity contribution in [2.45, 2.75) is 17.4 Å². The van der Waals surface area contributed by atoms with Gasteiger partial charge in [-0.3, -0.25) is 4.21 Å². The standard InChI is InChI=1S/C9H10BrNOS/c10-6-1-2-9-7(5-6)8(11)3-4-13(9)12/h1-2,5,8H,3-4,11H2. The van der Waals surface area contributed by atoms with Crippen LogP contribution in [0.25, 0.3) is 0 Å². The average molecular weight is 260 g/mol. The Bertz CT molecular complexity index is 367. The minimum absolute atomic E-state index is 0.0465. The number of hydrogen-bond acceptors (Lipinski definition) is 2. The van der Waals surface area contributed by atoms with Gasteiger partial charge in [0.1, 0.15) is 0 Å². The molecule has 2 N–H and O–H groups in total. The van der Waals surface area contributed by atoms with Gasteiger partial charge in [0, 0.05) is 21.2 Å². The fraction of sp³-hybridized carbons (Fsp3) is 0.333. The summed E-state index contributed by atoms with van der Waals surface area (Å²) in [5.74, 6) is 0.690. The van der Waals surface area contributed by atoms with E-state index in [4.69, 9.17) is 5.73 Å². The van der Waals surface area contributed by atoms with Crippen molar-refractivity contribution in [1.82, 2.24) is 0 Å². The first-order valence-electron chi connectivity index (χ1n) is 4.12. The molecule has 0 bridgehead atoms. The zero-order valence-corrected chi connectivity index (χ0v) is 9.40. The van der Waals surface area contributed by atoms with E-state index >= 15 is 0 Å². The van der Waals surface area contributed by atoms with Gasteiger partial charge in [-0.2, -0.15) is 0 Å². The summed E-state index contributed by atoms with van der Waals surface area (Å²) in [6, 6.07) is 5.82. The highest BCUT2D eigenvalue weighted by Gasteiger charge is 2.21. The van der Waals surface area contributed by atoms with Crippen molar-refractivity contribution in [1.29, 1.82) is 0 Å². The van der Waals surface area contributed by atoms with Crippen LogP contribution in [0.3, 0.4) is 0 Å². The van der Waals surface area contributed by atoms with Crippen molar-refractivity contribution in [2.24, 2.45) is 5.73 Å². The van der Waals surface area contributed by atoms with E-state index in [9.17, 15) is 4.21 Å². The molecule has 1 aliphatic rings. The quantitative estimate of drug-likeness (QED) is 0.774. The molecule has 0 radical (unpaired) electrons. The molecule has 2 atom stereocenters. The fourth-order valence-corrected chi connectivity index (χ4v) is 3.28. The normalized spacial score (nSPS) is 26.9. The van der Waals surface area contributed by atoms with Crippen LogP contribution in [0.15, 0.2) is 27.6 Å². The van der Waals surface area contributed by atoms with E-state index in [1.54, 1.807) is 0 Å². The molecule has 0 fully saturated rings. The van der Waals surface area contributed by atoms with Crippen molar-refractivity contribution in [3.63, 3.8) is 0 Å². The summed E-state index contributed by atoms with van der Waals surface area (Å²) in [6.07, 6.45) is 0.816. The zero-order chi connectivity index (χ0) is 9.42. The zero-order valence-electron chi connectivity index (χ0n) is 7.00. The van der Waals surface area contributed by atoms with Crippen LogP contribution < -0.4 is 5.73 Å². The van der Waals surface area contributed by atoms with Crippen molar-refractivity contribution < 1.29 is 4.21 Å². The van der Waals surface area contributed by atoms with Crippen molar-refractivity contribution in [2.75, 3.05) is 5.75 Å². The van der Waals surface area contributed by atoms with E-state index in [1.165, 1.54) is 0 Å². The van der Waals surface area contributed by atoms with Crippen molar-refractivity contribution >= 4 is 26.7 Å². The van der Waals surface area contributed by atoms with Gasteiger partial charge in [-0.05, 0) is 30.2 Å². The molecule has 0 saturated carbocycles. The summed E-state index contributed by atoms with van der Waals surface area (Å²) in [7, 11) is -0.845. The third-order valence-electron chi connectivity index (χ3n) is 2.23. The summed E-state index contributed by atoms with van der Waals surface area (Å²) in [4.78, 5) is 0.905. The molecule has 1 aromatic carbocycles. The Morgan fingerprint density at radius 1 is 1.54 bits per heavy atom. The maximum atomic E-state index is 11.6. The highest BCUT2D eigenvalue weighted by molar-refractivity contribution is 9.10. The molecule has 0 spiro atoms. The lowest BCUT2D eigenvalue weighted by Crippen LogP contribution is -2.21. The molecular weight excluding hydrogens is 250 g/mol. The SMILES string of the molecule is NC1CCS(=O)c2ccc(Br)cc21. The van der Waals surface area contributed by atoms with Gasteiger partial charge in [0.2, 0.25) is 0 Å². The molecule has 2 rings (SSSR count). The molecule has 1 aliphatic heterocycles. The van der Waals surface area contributed by atoms with Crippen LogP contribution in [0.1, 0.15) is 18.0 Å². The number of nitrogens with two attached hydrogens (primary N) is 1. The maximum Gasteiger partial charge on any atom is 0.0533 e. The Kier molecular flexibility index (Phi) is 2.53. The number of hydrogen-bond donors (Lipinski definition) is 1. The fourth-order valence-electron chi connectivity index (χ4n) is 1.52. The molecule has 1 heterocycles. The summed E-state index contributed by atoms with van der Waals surface area (Å²) in [5, 5.41) is 0. The highest BCUT2D eigenvalue weighted by Crippen LogP contribution is 2.30. The Labute approximate surface area is 88.1 Å². The number of benzene rings is 1. The maximum absolute atomic E-state index is 11.6. The molecule has 4 heteroatoms. The van der Waals surface area contributed by atoms with Crippen LogP contribution in [-0.2, 0) is 10.8 Å². The van der Waals surface area contributed by atoms with Gasteiger partial charge in [-0.15, -0.1) is 0 Å². The van der Waals surface area contributed by atoms with Crippen LogP contribution in [0, 0.1) is 0 Å². The first-order valence-corrected chi connectivity index (χ1v) is 6.23. The lowest BCUT2D eigenvalue weighted by Gasteiger charge is -2.21. The first-order chi connectivity index (χ1) is 6.18. The predicted molar refractivity (Wildman–Crippen MR) is 57.0 cm³/mol. The Hall–Kier alpha value is -0.190. The number of rotatable bonds is 0. The summed E-state index contributed by atoms with van der Waals surface area (Å²) < 4.78 is 12.6. The van der Waals surface area contributed by atoms with Crippen LogP contribution in [0.2, 0.25) is 0 Å². The topological polar surface area (TPSA) is 43.1 Å². The highest BCUT2D eigenvalue weighted by atomic mass is 79.9. The minimum Gasteiger partial charge on any atom is -0.324 e. The second kappa shape index (κ2) is 3.52. The number of halogens is 1. The van der Waals surface area contributed by atoms with E-state index < -0.39 is 10.8 Å². The molecule has 0 aliphatic carbocycles. The molecule has 2 nitrogen and oxygen atoms in total. The third-order valence-corrected chi connectivity index (χ3v) is 4.19. The van der Waals surface area contributed by atoms with E-state index in [0.29, 0.717) is 5.75 Å². The van der Waals surface area contributed by atoms with Gasteiger partial charge in [0.25, 0.3) is 0 Å². The smallest absolute Gasteiger partial charge is 0.0533 e. The van der Waals surface area contributed by atoms with Crippen LogP contribution in [0.5, 0.6) is 0 Å². The molecule has 13 heavy (non-hydrogen) atoms. The molecule has 1 aromatic rings. The second-order valence-corrected chi connectivity index (χ2v) is 5.58. The van der Waals surface area contributed by atoms with Crippen molar-refractivity contribution in [3.8, 4) is 0 Å². The van der Waals surface area contributed by atoms with Crippen molar-refractivity contribution in [3.05, 3.63) is 28.2 Å². The predicted octanol–water partition coefficient (Wildman–Crippen LogP) is 1.96. The molecule has 0 aromatic heterocycles. The minimum atomic E-state index is -0.845. The van der Waals surface area contributed by atoms with Gasteiger partial charge in [-0.25, -0.2) is 0 Å². The van der Waals surface area contributed by atoms with Gasteiger partial charge in [0.15, 0.2) is 0 Å². The van der Waals surface area contributed by atoms with E-state index in [-0.39, 0.29) is 6.04 Å². The Morgan fingerprint density at radius 2 is 2.31 bits per heavy atom. The van der Waals surface area contributed by atoms with E-state index in [2.05, 4.69) is 15.9 Å². The van der Waals surface area contributed by atoms with Crippen LogP contribution in [-0.4, -0.2) is 9.96 Å². The first kappa shape index (κ1) is 9.37. The van der Waals surface area contributed by atoms with E-state index in [1.807, 2.05) is 18.2 Å². The molecular formula is C9H10BrNOS. The van der Waals surface area contributed by atoms with E-state index in [0.717, 1.165) is 21.4 Å². The van der Waals surface area contributed by atoms with Gasteiger partial charge < -0.3 is 5.73 Å².